The van der Waals surface area contributed by atoms with Crippen LogP contribution < -0.4 is 10.6 Å². The first-order valence-corrected chi connectivity index (χ1v) is 10.6. The zero-order valence-corrected chi connectivity index (χ0v) is 17.8. The normalized spacial score (nSPS) is 22.8. The van der Waals surface area contributed by atoms with Gasteiger partial charge in [-0.25, -0.2) is 0 Å². The van der Waals surface area contributed by atoms with E-state index in [0.717, 1.165) is 49.7 Å². The fraction of sp³-hybridized carbons (Fsp3) is 0.636. The standard InChI is InChI=1S/C22H34N4O3/c1-16(2)12-21(27)25-18-7-4-6-17(13-18)14-24-22(23-3)26-9-11-29-20(15-26)19-8-5-10-28-19/h4,6-7,13,16,19-20H,5,8-12,14-15H2,1-3H3,(H,23,24)(H,25,27). The Morgan fingerprint density at radius 1 is 1.28 bits per heavy atom. The Labute approximate surface area is 173 Å². The van der Waals surface area contributed by atoms with Gasteiger partial charge in [-0.15, -0.1) is 0 Å². The van der Waals surface area contributed by atoms with E-state index in [-0.39, 0.29) is 18.1 Å². The van der Waals surface area contributed by atoms with Gasteiger partial charge < -0.3 is 25.0 Å². The molecule has 2 saturated heterocycles. The third kappa shape index (κ3) is 6.44. The minimum absolute atomic E-state index is 0.0504. The summed E-state index contributed by atoms with van der Waals surface area (Å²) in [7, 11) is 1.81. The zero-order valence-electron chi connectivity index (χ0n) is 17.8. The second-order valence-electron chi connectivity index (χ2n) is 8.15. The largest absolute Gasteiger partial charge is 0.375 e. The lowest BCUT2D eigenvalue weighted by molar-refractivity contribution is -0.116. The van der Waals surface area contributed by atoms with Gasteiger partial charge in [-0.3, -0.25) is 9.79 Å². The van der Waals surface area contributed by atoms with Crippen molar-refractivity contribution in [1.29, 1.82) is 0 Å². The fourth-order valence-electron chi connectivity index (χ4n) is 3.84. The van der Waals surface area contributed by atoms with Crippen molar-refractivity contribution in [2.75, 3.05) is 38.7 Å². The van der Waals surface area contributed by atoms with Crippen LogP contribution in [0.5, 0.6) is 0 Å². The monoisotopic (exact) mass is 402 g/mol. The smallest absolute Gasteiger partial charge is 0.224 e. The van der Waals surface area contributed by atoms with Crippen molar-refractivity contribution in [2.45, 2.75) is 51.9 Å². The van der Waals surface area contributed by atoms with E-state index in [0.29, 0.717) is 25.5 Å². The first-order valence-electron chi connectivity index (χ1n) is 10.6. The lowest BCUT2D eigenvalue weighted by atomic mass is 10.1. The van der Waals surface area contributed by atoms with E-state index in [9.17, 15) is 4.79 Å². The molecule has 2 aliphatic heterocycles. The first kappa shape index (κ1) is 21.6. The van der Waals surface area contributed by atoms with Crippen molar-refractivity contribution in [3.05, 3.63) is 29.8 Å². The van der Waals surface area contributed by atoms with Crippen molar-refractivity contribution in [3.63, 3.8) is 0 Å². The molecule has 0 spiro atoms. The van der Waals surface area contributed by atoms with Crippen LogP contribution in [0.3, 0.4) is 0 Å². The van der Waals surface area contributed by atoms with Crippen molar-refractivity contribution < 1.29 is 14.3 Å². The van der Waals surface area contributed by atoms with E-state index in [1.807, 2.05) is 38.1 Å². The van der Waals surface area contributed by atoms with Crippen LogP contribution in [-0.2, 0) is 20.8 Å². The number of nitrogens with one attached hydrogen (secondary N) is 2. The number of anilines is 1. The molecule has 2 heterocycles. The molecule has 2 atom stereocenters. The molecule has 0 bridgehead atoms. The number of hydrogen-bond donors (Lipinski definition) is 2. The molecule has 7 heteroatoms. The van der Waals surface area contributed by atoms with Gasteiger partial charge in [0.1, 0.15) is 6.10 Å². The van der Waals surface area contributed by atoms with Gasteiger partial charge in [0, 0.05) is 45.4 Å². The van der Waals surface area contributed by atoms with Crippen LogP contribution in [0.1, 0.15) is 38.7 Å². The van der Waals surface area contributed by atoms with E-state index in [1.54, 1.807) is 7.05 Å². The van der Waals surface area contributed by atoms with Crippen LogP contribution in [0, 0.1) is 5.92 Å². The van der Waals surface area contributed by atoms with Crippen molar-refractivity contribution >= 4 is 17.6 Å². The fourth-order valence-corrected chi connectivity index (χ4v) is 3.84. The molecule has 0 aliphatic carbocycles. The van der Waals surface area contributed by atoms with Crippen LogP contribution in [0.25, 0.3) is 0 Å². The lowest BCUT2D eigenvalue weighted by Crippen LogP contribution is -2.53. The van der Waals surface area contributed by atoms with Gasteiger partial charge in [0.05, 0.1) is 12.7 Å². The lowest BCUT2D eigenvalue weighted by Gasteiger charge is -2.37. The molecule has 2 fully saturated rings. The Bertz CT molecular complexity index is 701. The second kappa shape index (κ2) is 10.6. The van der Waals surface area contributed by atoms with Gasteiger partial charge in [-0.2, -0.15) is 0 Å². The van der Waals surface area contributed by atoms with Crippen LogP contribution in [0.2, 0.25) is 0 Å². The molecule has 7 nitrogen and oxygen atoms in total. The quantitative estimate of drug-likeness (QED) is 0.565. The predicted octanol–water partition coefficient (Wildman–Crippen LogP) is 2.63. The number of guanidine groups is 1. The average Bonchev–Trinajstić information content (AvgIpc) is 3.23. The summed E-state index contributed by atoms with van der Waals surface area (Å²) in [5.41, 5.74) is 1.92. The maximum atomic E-state index is 12.0. The molecule has 0 radical (unpaired) electrons. The number of morpholine rings is 1. The summed E-state index contributed by atoms with van der Waals surface area (Å²) in [6.07, 6.45) is 3.01. The summed E-state index contributed by atoms with van der Waals surface area (Å²) in [5.74, 6) is 1.26. The van der Waals surface area contributed by atoms with Crippen LogP contribution >= 0.6 is 0 Å². The van der Waals surface area contributed by atoms with Crippen molar-refractivity contribution in [1.82, 2.24) is 10.2 Å². The SMILES string of the molecule is CN=C(NCc1cccc(NC(=O)CC(C)C)c1)N1CCOC(C2CCCO2)C1. The number of carbonyl (C=O) groups is 1. The minimum Gasteiger partial charge on any atom is -0.375 e. The summed E-state index contributed by atoms with van der Waals surface area (Å²) in [4.78, 5) is 18.7. The Balaban J connectivity index is 1.53. The molecule has 160 valence electrons. The molecule has 1 aromatic rings. The highest BCUT2D eigenvalue weighted by Crippen LogP contribution is 2.21. The number of amides is 1. The Morgan fingerprint density at radius 3 is 2.83 bits per heavy atom. The highest BCUT2D eigenvalue weighted by molar-refractivity contribution is 5.90. The minimum atomic E-state index is 0.0504. The number of rotatable bonds is 6. The van der Waals surface area contributed by atoms with E-state index in [2.05, 4.69) is 20.5 Å². The number of ether oxygens (including phenoxy) is 2. The summed E-state index contributed by atoms with van der Waals surface area (Å²) in [6.45, 7) is 7.84. The topological polar surface area (TPSA) is 75.2 Å². The summed E-state index contributed by atoms with van der Waals surface area (Å²) in [6, 6.07) is 7.94. The summed E-state index contributed by atoms with van der Waals surface area (Å²) >= 11 is 0. The molecule has 0 aromatic heterocycles. The molecule has 3 rings (SSSR count). The second-order valence-corrected chi connectivity index (χ2v) is 8.15. The first-order chi connectivity index (χ1) is 14.0. The molecule has 1 aromatic carbocycles. The number of hydrogen-bond acceptors (Lipinski definition) is 4. The van der Waals surface area contributed by atoms with E-state index >= 15 is 0 Å². The van der Waals surface area contributed by atoms with Crippen LogP contribution in [-0.4, -0.2) is 62.3 Å². The predicted molar refractivity (Wildman–Crippen MR) is 115 cm³/mol. The van der Waals surface area contributed by atoms with Gasteiger partial charge in [0.15, 0.2) is 5.96 Å². The number of carbonyl (C=O) groups excluding carboxylic acids is 1. The van der Waals surface area contributed by atoms with Crippen LogP contribution in [0.4, 0.5) is 5.69 Å². The molecule has 0 saturated carbocycles. The number of nitrogens with zero attached hydrogens (tertiary/aromatic N) is 2. The van der Waals surface area contributed by atoms with Gasteiger partial charge in [-0.1, -0.05) is 26.0 Å². The Hall–Kier alpha value is -2.12. The molecule has 1 amide bonds. The van der Waals surface area contributed by atoms with E-state index in [4.69, 9.17) is 9.47 Å². The summed E-state index contributed by atoms with van der Waals surface area (Å²) < 4.78 is 11.7. The van der Waals surface area contributed by atoms with Gasteiger partial charge >= 0.3 is 0 Å². The molecular weight excluding hydrogens is 368 g/mol. The van der Waals surface area contributed by atoms with Gasteiger partial charge in [0.25, 0.3) is 0 Å². The summed E-state index contributed by atoms with van der Waals surface area (Å²) in [5, 5.41) is 6.42. The maximum absolute atomic E-state index is 12.0. The zero-order chi connectivity index (χ0) is 20.6. The molecular formula is C22H34N4O3. The van der Waals surface area contributed by atoms with Crippen LogP contribution in [0.15, 0.2) is 29.3 Å². The highest BCUT2D eigenvalue weighted by atomic mass is 16.5. The van der Waals surface area contributed by atoms with E-state index in [1.165, 1.54) is 0 Å². The third-order valence-electron chi connectivity index (χ3n) is 5.24. The molecule has 29 heavy (non-hydrogen) atoms. The maximum Gasteiger partial charge on any atom is 0.224 e. The highest BCUT2D eigenvalue weighted by Gasteiger charge is 2.32. The van der Waals surface area contributed by atoms with E-state index < -0.39 is 0 Å². The molecule has 2 N–H and O–H groups in total. The average molecular weight is 403 g/mol. The Kier molecular flexibility index (Phi) is 7.89. The van der Waals surface area contributed by atoms with Crippen molar-refractivity contribution in [2.24, 2.45) is 10.9 Å². The molecule has 2 aliphatic rings. The third-order valence-corrected chi connectivity index (χ3v) is 5.24. The van der Waals surface area contributed by atoms with Gasteiger partial charge in [-0.05, 0) is 36.5 Å². The number of aliphatic imine (C=N–C) groups is 1. The number of benzene rings is 1. The van der Waals surface area contributed by atoms with Gasteiger partial charge in [0.2, 0.25) is 5.91 Å². The van der Waals surface area contributed by atoms with Crippen molar-refractivity contribution in [3.8, 4) is 0 Å². The Morgan fingerprint density at radius 2 is 2.10 bits per heavy atom. The molecule has 2 unspecified atom stereocenters.